The Labute approximate surface area is 196 Å². The van der Waals surface area contributed by atoms with Crippen molar-refractivity contribution in [1.29, 1.82) is 0 Å². The van der Waals surface area contributed by atoms with Crippen molar-refractivity contribution in [2.24, 2.45) is 0 Å². The number of alkyl halides is 3. The Hall–Kier alpha value is -2.41. The summed E-state index contributed by atoms with van der Waals surface area (Å²) in [5, 5.41) is 17.8. The number of anilines is 1. The van der Waals surface area contributed by atoms with E-state index in [1.54, 1.807) is 0 Å². The molecule has 3 amide bonds. The summed E-state index contributed by atoms with van der Waals surface area (Å²) < 4.78 is 49.1. The molecule has 3 rings (SSSR count). The van der Waals surface area contributed by atoms with Crippen LogP contribution in [0.2, 0.25) is 0 Å². The molecule has 34 heavy (non-hydrogen) atoms. The molecule has 0 saturated carbocycles. The highest BCUT2D eigenvalue weighted by Gasteiger charge is 2.32. The molecule has 4 N–H and O–H groups in total. The minimum absolute atomic E-state index is 0.0594. The van der Waals surface area contributed by atoms with E-state index >= 15 is 0 Å². The number of halogens is 3. The standard InChI is InChI=1S/C22H31F3N4O5/c23-22(24,25)15-1-3-16(4-2-15)27-21(32)28-18-6-5-17(34-19(18)14-30)7-8-26-20(31)13-29-9-11-33-12-10-29/h1-4,17-19,30H,5-14H2,(H,26,31)(H2,27,28,32)/t17-,18-,19+/m0/s1. The predicted octanol–water partition coefficient (Wildman–Crippen LogP) is 1.57. The lowest BCUT2D eigenvalue weighted by molar-refractivity contribution is -0.137. The maximum absolute atomic E-state index is 12.7. The van der Waals surface area contributed by atoms with Crippen LogP contribution in [0, 0.1) is 0 Å². The monoisotopic (exact) mass is 488 g/mol. The van der Waals surface area contributed by atoms with Gasteiger partial charge in [0.05, 0.1) is 44.1 Å². The number of nitrogens with one attached hydrogen (secondary N) is 3. The summed E-state index contributed by atoms with van der Waals surface area (Å²) in [4.78, 5) is 26.4. The van der Waals surface area contributed by atoms with Gasteiger partial charge in [0.2, 0.25) is 5.91 Å². The average molecular weight is 489 g/mol. The lowest BCUT2D eigenvalue weighted by Crippen LogP contribution is -2.52. The Balaban J connectivity index is 1.38. The number of rotatable bonds is 8. The second-order valence-electron chi connectivity index (χ2n) is 8.36. The number of benzene rings is 1. The van der Waals surface area contributed by atoms with Crippen molar-refractivity contribution in [1.82, 2.24) is 15.5 Å². The van der Waals surface area contributed by atoms with Gasteiger partial charge in [-0.05, 0) is 43.5 Å². The number of urea groups is 1. The first-order valence-corrected chi connectivity index (χ1v) is 11.3. The van der Waals surface area contributed by atoms with Crippen molar-refractivity contribution in [3.05, 3.63) is 29.8 Å². The number of hydrogen-bond acceptors (Lipinski definition) is 6. The van der Waals surface area contributed by atoms with Crippen LogP contribution in [0.25, 0.3) is 0 Å². The molecule has 2 heterocycles. The summed E-state index contributed by atoms with van der Waals surface area (Å²) in [5.74, 6) is -0.0594. The van der Waals surface area contributed by atoms with Crippen molar-refractivity contribution in [2.75, 3.05) is 51.3 Å². The largest absolute Gasteiger partial charge is 0.416 e. The van der Waals surface area contributed by atoms with Gasteiger partial charge in [0.25, 0.3) is 0 Å². The average Bonchev–Trinajstić information content (AvgIpc) is 2.80. The van der Waals surface area contributed by atoms with Crippen molar-refractivity contribution in [3.63, 3.8) is 0 Å². The molecule has 0 radical (unpaired) electrons. The highest BCUT2D eigenvalue weighted by Crippen LogP contribution is 2.29. The molecule has 9 nitrogen and oxygen atoms in total. The first-order valence-electron chi connectivity index (χ1n) is 11.3. The van der Waals surface area contributed by atoms with Gasteiger partial charge < -0.3 is 30.5 Å². The van der Waals surface area contributed by atoms with Gasteiger partial charge in [0.1, 0.15) is 6.10 Å². The van der Waals surface area contributed by atoms with E-state index in [0.29, 0.717) is 45.6 Å². The van der Waals surface area contributed by atoms with E-state index in [2.05, 4.69) is 16.0 Å². The van der Waals surface area contributed by atoms with Crippen molar-refractivity contribution in [3.8, 4) is 0 Å². The normalized spacial score (nSPS) is 23.8. The molecule has 2 fully saturated rings. The molecule has 3 atom stereocenters. The number of ether oxygens (including phenoxy) is 2. The zero-order valence-corrected chi connectivity index (χ0v) is 18.8. The third-order valence-corrected chi connectivity index (χ3v) is 5.84. The second kappa shape index (κ2) is 12.3. The Morgan fingerprint density at radius 3 is 2.47 bits per heavy atom. The third-order valence-electron chi connectivity index (χ3n) is 5.84. The fourth-order valence-electron chi connectivity index (χ4n) is 3.98. The molecule has 2 aliphatic rings. The Morgan fingerprint density at radius 1 is 1.12 bits per heavy atom. The highest BCUT2D eigenvalue weighted by atomic mass is 19.4. The van der Waals surface area contributed by atoms with E-state index in [4.69, 9.17) is 9.47 Å². The van der Waals surface area contributed by atoms with E-state index in [0.717, 1.165) is 25.2 Å². The van der Waals surface area contributed by atoms with Crippen LogP contribution >= 0.6 is 0 Å². The van der Waals surface area contributed by atoms with E-state index < -0.39 is 29.9 Å². The minimum Gasteiger partial charge on any atom is -0.394 e. The lowest BCUT2D eigenvalue weighted by Gasteiger charge is -2.36. The fraction of sp³-hybridized carbons (Fsp3) is 0.636. The summed E-state index contributed by atoms with van der Waals surface area (Å²) in [5.41, 5.74) is -0.587. The fourth-order valence-corrected chi connectivity index (χ4v) is 3.98. The van der Waals surface area contributed by atoms with Crippen LogP contribution in [0.1, 0.15) is 24.8 Å². The number of carbonyl (C=O) groups is 2. The van der Waals surface area contributed by atoms with Crippen LogP contribution in [-0.2, 0) is 20.4 Å². The Kier molecular flexibility index (Phi) is 9.51. The van der Waals surface area contributed by atoms with E-state index in [9.17, 15) is 27.9 Å². The summed E-state index contributed by atoms with van der Waals surface area (Å²) in [6.07, 6.45) is -3.48. The van der Waals surface area contributed by atoms with Gasteiger partial charge >= 0.3 is 12.2 Å². The Bertz CT molecular complexity index is 803. The molecule has 0 bridgehead atoms. The van der Waals surface area contributed by atoms with E-state index in [1.165, 1.54) is 12.1 Å². The first kappa shape index (κ1) is 26.2. The molecule has 1 aromatic rings. The second-order valence-corrected chi connectivity index (χ2v) is 8.36. The number of aliphatic hydroxyl groups is 1. The quantitative estimate of drug-likeness (QED) is 0.442. The van der Waals surface area contributed by atoms with Gasteiger partial charge in [-0.3, -0.25) is 9.69 Å². The summed E-state index contributed by atoms with van der Waals surface area (Å²) in [6, 6.07) is 3.08. The zero-order valence-electron chi connectivity index (χ0n) is 18.8. The first-order chi connectivity index (χ1) is 16.2. The molecule has 0 aromatic heterocycles. The molecule has 0 spiro atoms. The maximum atomic E-state index is 12.7. The highest BCUT2D eigenvalue weighted by molar-refractivity contribution is 5.89. The molecular formula is C22H31F3N4O5. The molecule has 0 aliphatic carbocycles. The summed E-state index contributed by atoms with van der Waals surface area (Å²) >= 11 is 0. The van der Waals surface area contributed by atoms with Gasteiger partial charge in [-0.1, -0.05) is 0 Å². The molecule has 2 saturated heterocycles. The van der Waals surface area contributed by atoms with E-state index in [-0.39, 0.29) is 24.3 Å². The number of carbonyl (C=O) groups excluding carboxylic acids is 2. The van der Waals surface area contributed by atoms with Gasteiger partial charge in [0, 0.05) is 25.3 Å². The van der Waals surface area contributed by atoms with Crippen molar-refractivity contribution >= 4 is 17.6 Å². The van der Waals surface area contributed by atoms with Crippen LogP contribution in [0.4, 0.5) is 23.7 Å². The van der Waals surface area contributed by atoms with Crippen LogP contribution in [-0.4, -0.2) is 86.2 Å². The van der Waals surface area contributed by atoms with Gasteiger partial charge in [-0.15, -0.1) is 0 Å². The number of amides is 3. The number of aliphatic hydroxyl groups excluding tert-OH is 1. The Morgan fingerprint density at radius 2 is 1.82 bits per heavy atom. The molecule has 190 valence electrons. The van der Waals surface area contributed by atoms with Crippen LogP contribution in [0.5, 0.6) is 0 Å². The minimum atomic E-state index is -4.45. The maximum Gasteiger partial charge on any atom is 0.416 e. The van der Waals surface area contributed by atoms with Crippen molar-refractivity contribution < 1.29 is 37.3 Å². The lowest BCUT2D eigenvalue weighted by atomic mass is 9.97. The summed E-state index contributed by atoms with van der Waals surface area (Å²) in [6.45, 7) is 3.20. The smallest absolute Gasteiger partial charge is 0.394 e. The molecule has 2 aliphatic heterocycles. The van der Waals surface area contributed by atoms with Crippen LogP contribution in [0.15, 0.2) is 24.3 Å². The van der Waals surface area contributed by atoms with Crippen LogP contribution in [0.3, 0.4) is 0 Å². The third kappa shape index (κ3) is 8.12. The van der Waals surface area contributed by atoms with Gasteiger partial charge in [-0.2, -0.15) is 13.2 Å². The van der Waals surface area contributed by atoms with Gasteiger partial charge in [0.15, 0.2) is 0 Å². The van der Waals surface area contributed by atoms with Crippen LogP contribution < -0.4 is 16.0 Å². The predicted molar refractivity (Wildman–Crippen MR) is 117 cm³/mol. The van der Waals surface area contributed by atoms with Gasteiger partial charge in [-0.25, -0.2) is 4.79 Å². The molecule has 0 unspecified atom stereocenters. The molecular weight excluding hydrogens is 457 g/mol. The zero-order chi connectivity index (χ0) is 24.6. The summed E-state index contributed by atoms with van der Waals surface area (Å²) in [7, 11) is 0. The molecule has 12 heteroatoms. The molecule has 1 aromatic carbocycles. The SMILES string of the molecule is O=C(CN1CCOCC1)NCC[C@@H]1CC[C@H](NC(=O)Nc2ccc(C(F)(F)F)cc2)[C@@H](CO)O1. The number of hydrogen-bond donors (Lipinski definition) is 4. The topological polar surface area (TPSA) is 112 Å². The number of morpholine rings is 1. The van der Waals surface area contributed by atoms with E-state index in [1.807, 2.05) is 4.90 Å². The van der Waals surface area contributed by atoms with Crippen molar-refractivity contribution in [2.45, 2.75) is 43.7 Å². The number of nitrogens with zero attached hydrogens (tertiary/aromatic N) is 1.